The van der Waals surface area contributed by atoms with Crippen molar-refractivity contribution < 1.29 is 4.39 Å². The Morgan fingerprint density at radius 1 is 1.17 bits per heavy atom. The number of rotatable bonds is 7. The molecule has 0 aromatic heterocycles. The third-order valence-corrected chi connectivity index (χ3v) is 5.25. The predicted molar refractivity (Wildman–Crippen MR) is 103 cm³/mol. The zero-order valence-corrected chi connectivity index (χ0v) is 15.1. The van der Waals surface area contributed by atoms with Crippen LogP contribution in [0.25, 0.3) is 0 Å². The quantitative estimate of drug-likeness (QED) is 0.524. The first-order valence-electron chi connectivity index (χ1n) is 7.99. The van der Waals surface area contributed by atoms with Gasteiger partial charge in [0.2, 0.25) is 0 Å². The molecule has 0 saturated carbocycles. The minimum Gasteiger partial charge on any atom is -0.327 e. The Bertz CT molecular complexity index is 734. The molecule has 0 radical (unpaired) electrons. The van der Waals surface area contributed by atoms with Crippen LogP contribution in [0.5, 0.6) is 0 Å². The minimum absolute atomic E-state index is 0.214. The van der Waals surface area contributed by atoms with Gasteiger partial charge in [0, 0.05) is 23.8 Å². The average molecular weight is 341 g/mol. The van der Waals surface area contributed by atoms with Gasteiger partial charge in [-0.15, -0.1) is 0 Å². The van der Waals surface area contributed by atoms with E-state index in [1.165, 1.54) is 29.0 Å². The topological polar surface area (TPSA) is 26.0 Å². The molecule has 2 rings (SSSR count). The lowest BCUT2D eigenvalue weighted by Gasteiger charge is -2.14. The molecule has 1 atom stereocenters. The largest absolute Gasteiger partial charge is 0.327 e. The number of aryl methyl sites for hydroxylation is 1. The molecule has 0 aliphatic rings. The van der Waals surface area contributed by atoms with Crippen LogP contribution in [0, 0.1) is 12.7 Å². The Morgan fingerprint density at radius 2 is 1.83 bits per heavy atom. The van der Waals surface area contributed by atoms with Crippen molar-refractivity contribution in [3.8, 4) is 0 Å². The number of hydrogen-bond donors (Lipinski definition) is 1. The van der Waals surface area contributed by atoms with Crippen molar-refractivity contribution in [2.75, 3.05) is 6.54 Å². The van der Waals surface area contributed by atoms with E-state index in [1.807, 2.05) is 6.92 Å². The molecule has 0 amide bonds. The van der Waals surface area contributed by atoms with Crippen LogP contribution in [-0.2, 0) is 6.42 Å². The molecule has 0 aliphatic carbocycles. The normalized spacial score (nSPS) is 12.0. The van der Waals surface area contributed by atoms with Crippen LogP contribution < -0.4 is 5.73 Å². The summed E-state index contributed by atoms with van der Waals surface area (Å²) in [4.78, 5) is 1.92. The fourth-order valence-corrected chi connectivity index (χ4v) is 3.39. The molecule has 3 heteroatoms. The molecule has 1 nitrogen and oxygen atoms in total. The van der Waals surface area contributed by atoms with E-state index in [9.17, 15) is 4.39 Å². The summed E-state index contributed by atoms with van der Waals surface area (Å²) in [6.07, 6.45) is 0.757. The lowest BCUT2D eigenvalue weighted by molar-refractivity contribution is 0.623. The van der Waals surface area contributed by atoms with Crippen LogP contribution in [-0.4, -0.2) is 6.54 Å². The van der Waals surface area contributed by atoms with E-state index in [-0.39, 0.29) is 11.7 Å². The SMILES string of the molecule is C=C(Cc1ccc(C(C)C(=C)CN)cc1)Sc1cc(F)ccc1C. The Hall–Kier alpha value is -1.84. The van der Waals surface area contributed by atoms with E-state index in [0.29, 0.717) is 6.54 Å². The van der Waals surface area contributed by atoms with Crippen LogP contribution in [0.1, 0.15) is 29.5 Å². The van der Waals surface area contributed by atoms with Gasteiger partial charge in [0.1, 0.15) is 5.82 Å². The lowest BCUT2D eigenvalue weighted by atomic mass is 9.93. The zero-order valence-electron chi connectivity index (χ0n) is 14.3. The van der Waals surface area contributed by atoms with Crippen molar-refractivity contribution in [2.45, 2.75) is 31.1 Å². The van der Waals surface area contributed by atoms with Crippen molar-refractivity contribution in [2.24, 2.45) is 5.73 Å². The van der Waals surface area contributed by atoms with Crippen LogP contribution in [0.2, 0.25) is 0 Å². The molecule has 0 heterocycles. The van der Waals surface area contributed by atoms with Crippen LogP contribution in [0.4, 0.5) is 4.39 Å². The molecular weight excluding hydrogens is 317 g/mol. The van der Waals surface area contributed by atoms with Gasteiger partial charge in [0.25, 0.3) is 0 Å². The molecular formula is C21H24FNS. The Kier molecular flexibility index (Phi) is 6.41. The fraction of sp³-hybridized carbons (Fsp3) is 0.238. The summed E-state index contributed by atoms with van der Waals surface area (Å²) in [7, 11) is 0. The van der Waals surface area contributed by atoms with Crippen LogP contribution in [0.3, 0.4) is 0 Å². The molecule has 2 N–H and O–H groups in total. The Balaban J connectivity index is 2.02. The standard InChI is InChI=1S/C21H24FNS/c1-14-5-10-20(22)12-21(14)24-16(3)11-18-6-8-19(9-7-18)17(4)15(2)13-23/h5-10,12,17H,2-3,11,13,23H2,1,4H3. The van der Waals surface area contributed by atoms with Gasteiger partial charge in [-0.05, 0) is 40.7 Å². The van der Waals surface area contributed by atoms with Gasteiger partial charge in [-0.25, -0.2) is 4.39 Å². The number of halogens is 1. The highest BCUT2D eigenvalue weighted by Gasteiger charge is 2.09. The summed E-state index contributed by atoms with van der Waals surface area (Å²) < 4.78 is 13.4. The molecule has 1 unspecified atom stereocenters. The van der Waals surface area contributed by atoms with E-state index in [1.54, 1.807) is 12.1 Å². The lowest BCUT2D eigenvalue weighted by Crippen LogP contribution is -2.08. The molecule has 126 valence electrons. The number of thioether (sulfide) groups is 1. The predicted octanol–water partition coefficient (Wildman–Crippen LogP) is 5.60. The van der Waals surface area contributed by atoms with E-state index in [2.05, 4.69) is 44.3 Å². The van der Waals surface area contributed by atoms with E-state index in [0.717, 1.165) is 27.4 Å². The number of nitrogens with two attached hydrogens (primary N) is 1. The molecule has 2 aromatic rings. The first-order valence-corrected chi connectivity index (χ1v) is 8.80. The molecule has 0 aliphatic heterocycles. The number of allylic oxidation sites excluding steroid dienone is 1. The van der Waals surface area contributed by atoms with Crippen molar-refractivity contribution in [3.05, 3.63) is 88.6 Å². The van der Waals surface area contributed by atoms with Gasteiger partial charge in [0.15, 0.2) is 0 Å². The first-order chi connectivity index (χ1) is 11.4. The minimum atomic E-state index is -0.214. The summed E-state index contributed by atoms with van der Waals surface area (Å²) in [6.45, 7) is 12.7. The van der Waals surface area contributed by atoms with Gasteiger partial charge in [0.05, 0.1) is 0 Å². The molecule has 24 heavy (non-hydrogen) atoms. The second kappa shape index (κ2) is 8.32. The third-order valence-electron chi connectivity index (χ3n) is 4.16. The summed E-state index contributed by atoms with van der Waals surface area (Å²) in [5.41, 5.74) is 10.2. The van der Waals surface area contributed by atoms with Gasteiger partial charge >= 0.3 is 0 Å². The molecule has 0 bridgehead atoms. The first kappa shape index (κ1) is 18.5. The summed E-state index contributed by atoms with van der Waals surface area (Å²) in [6, 6.07) is 13.3. The van der Waals surface area contributed by atoms with Crippen molar-refractivity contribution >= 4 is 11.8 Å². The Labute approximate surface area is 148 Å². The van der Waals surface area contributed by atoms with Gasteiger partial charge < -0.3 is 5.73 Å². The summed E-state index contributed by atoms with van der Waals surface area (Å²) in [5, 5.41) is 0. The average Bonchev–Trinajstić information content (AvgIpc) is 2.57. The van der Waals surface area contributed by atoms with Gasteiger partial charge in [-0.1, -0.05) is 67.7 Å². The molecule has 0 fully saturated rings. The van der Waals surface area contributed by atoms with Crippen molar-refractivity contribution in [3.63, 3.8) is 0 Å². The highest BCUT2D eigenvalue weighted by Crippen LogP contribution is 2.31. The van der Waals surface area contributed by atoms with Gasteiger partial charge in [-0.3, -0.25) is 0 Å². The molecule has 2 aromatic carbocycles. The Morgan fingerprint density at radius 3 is 2.46 bits per heavy atom. The monoisotopic (exact) mass is 341 g/mol. The van der Waals surface area contributed by atoms with Crippen molar-refractivity contribution in [1.29, 1.82) is 0 Å². The zero-order chi connectivity index (χ0) is 17.7. The van der Waals surface area contributed by atoms with E-state index < -0.39 is 0 Å². The maximum Gasteiger partial charge on any atom is 0.124 e. The smallest absolute Gasteiger partial charge is 0.124 e. The summed E-state index contributed by atoms with van der Waals surface area (Å²) in [5.74, 6) is 0.0472. The van der Waals surface area contributed by atoms with Crippen LogP contribution >= 0.6 is 11.8 Å². The van der Waals surface area contributed by atoms with Gasteiger partial charge in [-0.2, -0.15) is 0 Å². The molecule has 0 saturated heterocycles. The highest BCUT2D eigenvalue weighted by atomic mass is 32.2. The number of benzene rings is 2. The maximum absolute atomic E-state index is 13.4. The van der Waals surface area contributed by atoms with Crippen molar-refractivity contribution in [1.82, 2.24) is 0 Å². The third kappa shape index (κ3) is 4.83. The number of hydrogen-bond acceptors (Lipinski definition) is 2. The highest BCUT2D eigenvalue weighted by molar-refractivity contribution is 8.03. The molecule has 0 spiro atoms. The van der Waals surface area contributed by atoms with Crippen LogP contribution in [0.15, 0.2) is 71.0 Å². The van der Waals surface area contributed by atoms with E-state index >= 15 is 0 Å². The summed E-state index contributed by atoms with van der Waals surface area (Å²) >= 11 is 1.53. The fourth-order valence-electron chi connectivity index (χ4n) is 2.44. The maximum atomic E-state index is 13.4. The second-order valence-corrected chi connectivity index (χ2v) is 7.27. The second-order valence-electron chi connectivity index (χ2n) is 6.05. The van der Waals surface area contributed by atoms with E-state index in [4.69, 9.17) is 5.73 Å².